The quantitative estimate of drug-likeness (QED) is 0.447. The zero-order valence-electron chi connectivity index (χ0n) is 11.9. The van der Waals surface area contributed by atoms with Gasteiger partial charge in [0.1, 0.15) is 0 Å². The molecule has 0 aromatic carbocycles. The maximum absolute atomic E-state index is 5.48. The number of ether oxygens (including phenoxy) is 1. The van der Waals surface area contributed by atoms with Gasteiger partial charge in [-0.25, -0.2) is 4.98 Å². The second-order valence-electron chi connectivity index (χ2n) is 5.46. The highest BCUT2D eigenvalue weighted by atomic mass is 127. The Bertz CT molecular complexity index is 472. The summed E-state index contributed by atoms with van der Waals surface area (Å²) in [4.78, 5) is 4.78. The monoisotopic (exact) mass is 485 g/mol. The van der Waals surface area contributed by atoms with Crippen molar-refractivity contribution in [2.45, 2.75) is 55.8 Å². The molecule has 0 aliphatic heterocycles. The summed E-state index contributed by atoms with van der Waals surface area (Å²) < 4.78 is 7.30. The van der Waals surface area contributed by atoms with Gasteiger partial charge in [0, 0.05) is 18.2 Å². The minimum absolute atomic E-state index is 0.435. The number of hydrogen-bond acceptors (Lipinski definition) is 2. The van der Waals surface area contributed by atoms with Crippen molar-refractivity contribution in [3.63, 3.8) is 0 Å². The highest BCUT2D eigenvalue weighted by Crippen LogP contribution is 2.36. The molecule has 1 aromatic heterocycles. The standard InChI is InChI=1S/C15H21I2NO/c1-4-10-13(16)11-7-9-15(2,17)8-5-6-12(11)18-14(10)19-3/h4-9H2,1-3H3. The van der Waals surface area contributed by atoms with Crippen molar-refractivity contribution >= 4 is 45.2 Å². The lowest BCUT2D eigenvalue weighted by atomic mass is 9.90. The molecule has 106 valence electrons. The van der Waals surface area contributed by atoms with E-state index in [4.69, 9.17) is 9.72 Å². The van der Waals surface area contributed by atoms with Crippen LogP contribution in [0, 0.1) is 3.57 Å². The largest absolute Gasteiger partial charge is 0.481 e. The zero-order valence-corrected chi connectivity index (χ0v) is 16.2. The van der Waals surface area contributed by atoms with Gasteiger partial charge in [0.25, 0.3) is 0 Å². The van der Waals surface area contributed by atoms with Gasteiger partial charge in [0.15, 0.2) is 0 Å². The lowest BCUT2D eigenvalue weighted by molar-refractivity contribution is 0.388. The van der Waals surface area contributed by atoms with Gasteiger partial charge in [-0.3, -0.25) is 0 Å². The molecule has 19 heavy (non-hydrogen) atoms. The Morgan fingerprint density at radius 1 is 1.32 bits per heavy atom. The van der Waals surface area contributed by atoms with E-state index in [-0.39, 0.29) is 0 Å². The van der Waals surface area contributed by atoms with Crippen LogP contribution >= 0.6 is 45.2 Å². The molecule has 0 bridgehead atoms. The molecule has 1 unspecified atom stereocenters. The van der Waals surface area contributed by atoms with E-state index in [2.05, 4.69) is 59.0 Å². The lowest BCUT2D eigenvalue weighted by Gasteiger charge is -2.27. The van der Waals surface area contributed by atoms with Crippen molar-refractivity contribution in [3.8, 4) is 5.88 Å². The van der Waals surface area contributed by atoms with Crippen LogP contribution in [0.2, 0.25) is 0 Å². The van der Waals surface area contributed by atoms with Crippen LogP contribution in [0.4, 0.5) is 0 Å². The lowest BCUT2D eigenvalue weighted by Crippen LogP contribution is -2.21. The minimum Gasteiger partial charge on any atom is -0.481 e. The van der Waals surface area contributed by atoms with Gasteiger partial charge in [-0.2, -0.15) is 0 Å². The minimum atomic E-state index is 0.435. The molecule has 0 amide bonds. The van der Waals surface area contributed by atoms with Gasteiger partial charge in [0.05, 0.1) is 7.11 Å². The van der Waals surface area contributed by atoms with Crippen LogP contribution in [-0.2, 0) is 19.3 Å². The van der Waals surface area contributed by atoms with Crippen LogP contribution in [0.1, 0.15) is 49.9 Å². The summed E-state index contributed by atoms with van der Waals surface area (Å²) in [7, 11) is 1.73. The molecular formula is C15H21I2NO. The second-order valence-corrected chi connectivity index (χ2v) is 9.14. The maximum Gasteiger partial charge on any atom is 0.217 e. The SMILES string of the molecule is CCc1c(OC)nc2c(c1I)CCC(C)(I)CCC2. The first kappa shape index (κ1) is 15.8. The summed E-state index contributed by atoms with van der Waals surface area (Å²) >= 11 is 5.12. The molecule has 2 nitrogen and oxygen atoms in total. The Balaban J connectivity index is 2.46. The summed E-state index contributed by atoms with van der Waals surface area (Å²) in [6.45, 7) is 4.56. The molecule has 1 aliphatic carbocycles. The summed E-state index contributed by atoms with van der Waals surface area (Å²) in [6, 6.07) is 0. The second kappa shape index (κ2) is 6.45. The highest BCUT2D eigenvalue weighted by Gasteiger charge is 2.26. The van der Waals surface area contributed by atoms with Gasteiger partial charge in [-0.1, -0.05) is 36.4 Å². The van der Waals surface area contributed by atoms with Crippen molar-refractivity contribution in [1.82, 2.24) is 4.98 Å². The van der Waals surface area contributed by atoms with E-state index in [1.807, 2.05) is 0 Å². The van der Waals surface area contributed by atoms with E-state index >= 15 is 0 Å². The van der Waals surface area contributed by atoms with E-state index in [1.54, 1.807) is 7.11 Å². The molecule has 2 rings (SSSR count). The van der Waals surface area contributed by atoms with Crippen LogP contribution in [0.3, 0.4) is 0 Å². The Labute approximate surface area is 143 Å². The van der Waals surface area contributed by atoms with Crippen LogP contribution in [0.25, 0.3) is 0 Å². The normalized spacial score (nSPS) is 23.4. The van der Waals surface area contributed by atoms with Crippen LogP contribution in [0.5, 0.6) is 5.88 Å². The predicted octanol–water partition coefficient (Wildman–Crippen LogP) is 4.72. The molecule has 1 atom stereocenters. The van der Waals surface area contributed by atoms with Crippen LogP contribution < -0.4 is 4.74 Å². The number of halogens is 2. The molecular weight excluding hydrogens is 464 g/mol. The fourth-order valence-corrected chi connectivity index (χ4v) is 4.58. The van der Waals surface area contributed by atoms with E-state index in [0.717, 1.165) is 25.1 Å². The number of alkyl halides is 1. The maximum atomic E-state index is 5.48. The van der Waals surface area contributed by atoms with Crippen molar-refractivity contribution in [3.05, 3.63) is 20.4 Å². The van der Waals surface area contributed by atoms with Crippen molar-refractivity contribution < 1.29 is 4.74 Å². The number of fused-ring (bicyclic) bond motifs is 1. The number of nitrogens with zero attached hydrogens (tertiary/aromatic N) is 1. The summed E-state index contributed by atoms with van der Waals surface area (Å²) in [5.41, 5.74) is 4.02. The first-order valence-corrected chi connectivity index (χ1v) is 9.07. The van der Waals surface area contributed by atoms with E-state index in [0.29, 0.717) is 3.42 Å². The molecule has 1 heterocycles. The Morgan fingerprint density at radius 3 is 2.68 bits per heavy atom. The number of rotatable bonds is 2. The first-order valence-electron chi connectivity index (χ1n) is 6.91. The molecule has 0 radical (unpaired) electrons. The summed E-state index contributed by atoms with van der Waals surface area (Å²) in [5, 5.41) is 0. The van der Waals surface area contributed by atoms with E-state index in [9.17, 15) is 0 Å². The van der Waals surface area contributed by atoms with Gasteiger partial charge in [-0.05, 0) is 66.7 Å². The third-order valence-electron chi connectivity index (χ3n) is 3.93. The van der Waals surface area contributed by atoms with E-state index < -0.39 is 0 Å². The molecule has 4 heteroatoms. The summed E-state index contributed by atoms with van der Waals surface area (Å²) in [5.74, 6) is 0.837. The summed E-state index contributed by atoms with van der Waals surface area (Å²) in [6.07, 6.45) is 6.98. The topological polar surface area (TPSA) is 22.1 Å². The number of aryl methyl sites for hydroxylation is 1. The predicted molar refractivity (Wildman–Crippen MR) is 96.6 cm³/mol. The number of hydrogen-bond donors (Lipinski definition) is 0. The number of pyridine rings is 1. The Hall–Kier alpha value is 0.410. The van der Waals surface area contributed by atoms with Gasteiger partial charge in [-0.15, -0.1) is 0 Å². The fraction of sp³-hybridized carbons (Fsp3) is 0.667. The molecule has 1 aliphatic rings. The molecule has 0 N–H and O–H groups in total. The molecule has 0 saturated heterocycles. The van der Waals surface area contributed by atoms with Crippen molar-refractivity contribution in [1.29, 1.82) is 0 Å². The highest BCUT2D eigenvalue weighted by molar-refractivity contribution is 14.1. The van der Waals surface area contributed by atoms with E-state index in [1.165, 1.54) is 39.7 Å². The number of aromatic nitrogens is 1. The van der Waals surface area contributed by atoms with Crippen molar-refractivity contribution in [2.24, 2.45) is 0 Å². The van der Waals surface area contributed by atoms with Crippen LogP contribution in [-0.4, -0.2) is 15.5 Å². The zero-order chi connectivity index (χ0) is 14.0. The first-order chi connectivity index (χ1) is 8.98. The smallest absolute Gasteiger partial charge is 0.217 e. The Morgan fingerprint density at radius 2 is 2.05 bits per heavy atom. The molecule has 0 fully saturated rings. The Kier molecular flexibility index (Phi) is 5.36. The van der Waals surface area contributed by atoms with Crippen LogP contribution in [0.15, 0.2) is 0 Å². The fourth-order valence-electron chi connectivity index (χ4n) is 2.73. The average Bonchev–Trinajstić information content (AvgIpc) is 2.35. The third kappa shape index (κ3) is 3.54. The van der Waals surface area contributed by atoms with Crippen molar-refractivity contribution in [2.75, 3.05) is 7.11 Å². The van der Waals surface area contributed by atoms with Gasteiger partial charge in [0.2, 0.25) is 5.88 Å². The molecule has 1 aromatic rings. The molecule has 0 saturated carbocycles. The average molecular weight is 485 g/mol. The van der Waals surface area contributed by atoms with Gasteiger partial charge >= 0.3 is 0 Å². The van der Waals surface area contributed by atoms with Gasteiger partial charge < -0.3 is 4.74 Å². The third-order valence-corrected chi connectivity index (χ3v) is 6.31. The molecule has 0 spiro atoms. The number of methoxy groups -OCH3 is 1.